The summed E-state index contributed by atoms with van der Waals surface area (Å²) in [5.41, 5.74) is 8.62. The van der Waals surface area contributed by atoms with Crippen LogP contribution in [0.2, 0.25) is 0 Å². The number of hydrogen-bond donors (Lipinski definition) is 1. The summed E-state index contributed by atoms with van der Waals surface area (Å²) in [5.74, 6) is 6.69. The van der Waals surface area contributed by atoms with Gasteiger partial charge in [0, 0.05) is 11.1 Å². The third kappa shape index (κ3) is 3.04. The molecule has 1 aromatic heterocycles. The Morgan fingerprint density at radius 3 is 2.68 bits per heavy atom. The van der Waals surface area contributed by atoms with Crippen molar-refractivity contribution in [1.82, 2.24) is 4.98 Å². The largest absolute Gasteiger partial charge is 0.443 e. The Bertz CT molecular complexity index is 610. The van der Waals surface area contributed by atoms with E-state index in [0.29, 0.717) is 6.54 Å². The first-order chi connectivity index (χ1) is 9.02. The topological polar surface area (TPSA) is 52.0 Å². The van der Waals surface area contributed by atoms with Crippen LogP contribution in [-0.4, -0.2) is 11.5 Å². The molecule has 19 heavy (non-hydrogen) atoms. The van der Waals surface area contributed by atoms with E-state index in [1.807, 2.05) is 6.07 Å². The summed E-state index contributed by atoms with van der Waals surface area (Å²) in [5, 5.41) is 0. The SMILES string of the molecule is CC(C)(C)c1ccc(C#CCN)c(-c2cnco2)c1. The molecule has 1 heterocycles. The van der Waals surface area contributed by atoms with E-state index >= 15 is 0 Å². The minimum atomic E-state index is 0.0780. The smallest absolute Gasteiger partial charge is 0.181 e. The third-order valence-corrected chi connectivity index (χ3v) is 2.91. The molecule has 0 amide bonds. The summed E-state index contributed by atoms with van der Waals surface area (Å²) >= 11 is 0. The Morgan fingerprint density at radius 1 is 1.32 bits per heavy atom. The first kappa shape index (κ1) is 13.4. The van der Waals surface area contributed by atoms with Gasteiger partial charge in [0.25, 0.3) is 0 Å². The van der Waals surface area contributed by atoms with Gasteiger partial charge >= 0.3 is 0 Å². The van der Waals surface area contributed by atoms with Gasteiger partial charge in [-0.1, -0.05) is 38.7 Å². The van der Waals surface area contributed by atoms with Crippen molar-refractivity contribution >= 4 is 0 Å². The van der Waals surface area contributed by atoms with Crippen LogP contribution >= 0.6 is 0 Å². The zero-order valence-electron chi connectivity index (χ0n) is 11.5. The molecule has 0 saturated carbocycles. The van der Waals surface area contributed by atoms with Gasteiger partial charge in [0.2, 0.25) is 0 Å². The quantitative estimate of drug-likeness (QED) is 0.796. The molecule has 1 aromatic carbocycles. The molecule has 3 nitrogen and oxygen atoms in total. The van der Waals surface area contributed by atoms with E-state index in [1.165, 1.54) is 12.0 Å². The Morgan fingerprint density at radius 2 is 2.11 bits per heavy atom. The van der Waals surface area contributed by atoms with Crippen molar-refractivity contribution in [2.45, 2.75) is 26.2 Å². The Kier molecular flexibility index (Phi) is 3.73. The first-order valence-corrected chi connectivity index (χ1v) is 6.24. The van der Waals surface area contributed by atoms with E-state index in [9.17, 15) is 0 Å². The lowest BCUT2D eigenvalue weighted by Gasteiger charge is -2.20. The molecule has 0 aliphatic carbocycles. The van der Waals surface area contributed by atoms with Gasteiger partial charge < -0.3 is 10.2 Å². The van der Waals surface area contributed by atoms with Crippen molar-refractivity contribution in [1.29, 1.82) is 0 Å². The molecule has 0 aliphatic rings. The Labute approximate surface area is 113 Å². The van der Waals surface area contributed by atoms with Crippen LogP contribution < -0.4 is 5.73 Å². The number of nitrogens with zero attached hydrogens (tertiary/aromatic N) is 1. The van der Waals surface area contributed by atoms with Crippen molar-refractivity contribution in [3.63, 3.8) is 0 Å². The van der Waals surface area contributed by atoms with Gasteiger partial charge in [0.1, 0.15) is 0 Å². The van der Waals surface area contributed by atoms with Crippen LogP contribution in [-0.2, 0) is 5.41 Å². The average Bonchev–Trinajstić information content (AvgIpc) is 2.88. The number of benzene rings is 1. The van der Waals surface area contributed by atoms with Crippen LogP contribution in [0.15, 0.2) is 35.2 Å². The summed E-state index contributed by atoms with van der Waals surface area (Å²) in [7, 11) is 0. The van der Waals surface area contributed by atoms with E-state index in [4.69, 9.17) is 10.2 Å². The zero-order valence-corrected chi connectivity index (χ0v) is 11.5. The highest BCUT2D eigenvalue weighted by Gasteiger charge is 2.16. The van der Waals surface area contributed by atoms with Crippen LogP contribution in [0.3, 0.4) is 0 Å². The molecule has 2 N–H and O–H groups in total. The number of nitrogens with two attached hydrogens (primary N) is 1. The average molecular weight is 254 g/mol. The number of oxazole rings is 1. The fourth-order valence-corrected chi connectivity index (χ4v) is 1.82. The van der Waals surface area contributed by atoms with Crippen LogP contribution in [0.1, 0.15) is 31.9 Å². The predicted molar refractivity (Wildman–Crippen MR) is 76.6 cm³/mol. The lowest BCUT2D eigenvalue weighted by atomic mass is 9.85. The Balaban J connectivity index is 2.57. The number of aromatic nitrogens is 1. The van der Waals surface area contributed by atoms with E-state index < -0.39 is 0 Å². The van der Waals surface area contributed by atoms with Crippen molar-refractivity contribution in [2.24, 2.45) is 5.73 Å². The van der Waals surface area contributed by atoms with Crippen LogP contribution in [0.25, 0.3) is 11.3 Å². The maximum absolute atomic E-state index is 5.43. The fraction of sp³-hybridized carbons (Fsp3) is 0.312. The molecule has 3 heteroatoms. The standard InChI is InChI=1S/C16H18N2O/c1-16(2,3)13-7-6-12(5-4-8-17)14(9-13)15-10-18-11-19-15/h6-7,9-11H,8,17H2,1-3H3. The monoisotopic (exact) mass is 254 g/mol. The van der Waals surface area contributed by atoms with Crippen LogP contribution in [0.4, 0.5) is 0 Å². The van der Waals surface area contributed by atoms with Gasteiger partial charge in [-0.3, -0.25) is 0 Å². The van der Waals surface area contributed by atoms with Crippen molar-refractivity contribution in [3.8, 4) is 23.2 Å². The van der Waals surface area contributed by atoms with E-state index in [2.05, 4.69) is 49.7 Å². The molecule has 2 rings (SSSR count). The second-order valence-corrected chi connectivity index (χ2v) is 5.38. The molecule has 0 atom stereocenters. The highest BCUT2D eigenvalue weighted by Crippen LogP contribution is 2.30. The summed E-state index contributed by atoms with van der Waals surface area (Å²) in [6.45, 7) is 6.88. The molecule has 0 saturated heterocycles. The predicted octanol–water partition coefficient (Wildman–Crippen LogP) is 2.95. The minimum absolute atomic E-state index is 0.0780. The van der Waals surface area contributed by atoms with Crippen molar-refractivity contribution in [3.05, 3.63) is 41.9 Å². The van der Waals surface area contributed by atoms with E-state index in [-0.39, 0.29) is 5.41 Å². The summed E-state index contributed by atoms with van der Waals surface area (Å²) in [6.07, 6.45) is 3.13. The van der Waals surface area contributed by atoms with Gasteiger partial charge in [-0.15, -0.1) is 0 Å². The van der Waals surface area contributed by atoms with Gasteiger partial charge in [-0.05, 0) is 23.1 Å². The van der Waals surface area contributed by atoms with Crippen LogP contribution in [0, 0.1) is 11.8 Å². The second-order valence-electron chi connectivity index (χ2n) is 5.38. The van der Waals surface area contributed by atoms with Gasteiger partial charge in [-0.2, -0.15) is 0 Å². The van der Waals surface area contributed by atoms with E-state index in [0.717, 1.165) is 16.9 Å². The maximum Gasteiger partial charge on any atom is 0.181 e. The molecular weight excluding hydrogens is 236 g/mol. The van der Waals surface area contributed by atoms with Gasteiger partial charge in [0.05, 0.1) is 12.7 Å². The van der Waals surface area contributed by atoms with Crippen molar-refractivity contribution < 1.29 is 4.42 Å². The molecule has 0 aliphatic heterocycles. The van der Waals surface area contributed by atoms with Crippen molar-refractivity contribution in [2.75, 3.05) is 6.54 Å². The first-order valence-electron chi connectivity index (χ1n) is 6.24. The summed E-state index contributed by atoms with van der Waals surface area (Å²) in [4.78, 5) is 3.97. The molecule has 0 radical (unpaired) electrons. The number of rotatable bonds is 1. The minimum Gasteiger partial charge on any atom is -0.443 e. The van der Waals surface area contributed by atoms with Gasteiger partial charge in [0.15, 0.2) is 12.2 Å². The summed E-state index contributed by atoms with van der Waals surface area (Å²) in [6, 6.07) is 6.22. The highest BCUT2D eigenvalue weighted by molar-refractivity contribution is 5.67. The second kappa shape index (κ2) is 5.29. The molecule has 0 fully saturated rings. The fourth-order valence-electron chi connectivity index (χ4n) is 1.82. The Hall–Kier alpha value is -2.05. The molecule has 0 spiro atoms. The molecular formula is C16H18N2O. The third-order valence-electron chi connectivity index (χ3n) is 2.91. The lowest BCUT2D eigenvalue weighted by Crippen LogP contribution is -2.11. The van der Waals surface area contributed by atoms with Crippen LogP contribution in [0.5, 0.6) is 0 Å². The number of hydrogen-bond acceptors (Lipinski definition) is 3. The molecule has 0 unspecified atom stereocenters. The summed E-state index contributed by atoms with van der Waals surface area (Å²) < 4.78 is 5.40. The molecule has 0 bridgehead atoms. The highest BCUT2D eigenvalue weighted by atomic mass is 16.3. The molecule has 98 valence electrons. The van der Waals surface area contributed by atoms with E-state index in [1.54, 1.807) is 6.20 Å². The maximum atomic E-state index is 5.43. The normalized spacial score (nSPS) is 10.9. The lowest BCUT2D eigenvalue weighted by molar-refractivity contribution is 0.569. The zero-order chi connectivity index (χ0) is 13.9. The molecule has 2 aromatic rings. The van der Waals surface area contributed by atoms with Gasteiger partial charge in [-0.25, -0.2) is 4.98 Å².